The van der Waals surface area contributed by atoms with Gasteiger partial charge in [0.1, 0.15) is 11.4 Å². The molecule has 4 heteroatoms. The molecule has 0 spiro atoms. The summed E-state index contributed by atoms with van der Waals surface area (Å²) >= 11 is 0. The number of rotatable bonds is 5. The van der Waals surface area contributed by atoms with E-state index in [0.717, 1.165) is 29.0 Å². The number of aryl methyl sites for hydroxylation is 1. The highest BCUT2D eigenvalue weighted by atomic mass is 16.5. The third-order valence-electron chi connectivity index (χ3n) is 3.28. The lowest BCUT2D eigenvalue weighted by molar-refractivity contribution is 0.0685. The Morgan fingerprint density at radius 1 is 1.30 bits per heavy atom. The van der Waals surface area contributed by atoms with Crippen LogP contribution in [-0.2, 0) is 6.54 Å². The molecule has 0 saturated heterocycles. The molecule has 0 bridgehead atoms. The van der Waals surface area contributed by atoms with E-state index >= 15 is 0 Å². The van der Waals surface area contributed by atoms with Gasteiger partial charge >= 0.3 is 5.97 Å². The van der Waals surface area contributed by atoms with Crippen molar-refractivity contribution in [2.75, 3.05) is 7.11 Å². The number of aromatic nitrogens is 1. The Morgan fingerprint density at radius 3 is 2.65 bits per heavy atom. The molecule has 0 unspecified atom stereocenters. The maximum Gasteiger partial charge on any atom is 0.352 e. The second-order valence-electron chi connectivity index (χ2n) is 4.76. The molecule has 0 fully saturated rings. The fourth-order valence-corrected chi connectivity index (χ4v) is 2.38. The van der Waals surface area contributed by atoms with Gasteiger partial charge < -0.3 is 14.4 Å². The summed E-state index contributed by atoms with van der Waals surface area (Å²) in [7, 11) is 1.62. The van der Waals surface area contributed by atoms with Gasteiger partial charge in [-0.3, -0.25) is 0 Å². The summed E-state index contributed by atoms with van der Waals surface area (Å²) in [6, 6.07) is 9.40. The molecule has 1 heterocycles. The first-order valence-corrected chi connectivity index (χ1v) is 6.66. The van der Waals surface area contributed by atoms with Gasteiger partial charge in [-0.1, -0.05) is 18.6 Å². The molecule has 0 aliphatic carbocycles. The van der Waals surface area contributed by atoms with Gasteiger partial charge in [0.2, 0.25) is 0 Å². The summed E-state index contributed by atoms with van der Waals surface area (Å²) in [4.78, 5) is 11.3. The van der Waals surface area contributed by atoms with Gasteiger partial charge in [-0.2, -0.15) is 0 Å². The van der Waals surface area contributed by atoms with Gasteiger partial charge in [0.15, 0.2) is 0 Å². The van der Waals surface area contributed by atoms with Crippen LogP contribution >= 0.6 is 0 Å². The number of ether oxygens (including phenoxy) is 1. The van der Waals surface area contributed by atoms with Crippen molar-refractivity contribution in [3.05, 3.63) is 41.6 Å². The molecule has 0 atom stereocenters. The number of methoxy groups -OCH3 is 1. The van der Waals surface area contributed by atoms with Crippen LogP contribution in [0.1, 0.15) is 29.4 Å². The number of hydrogen-bond donors (Lipinski definition) is 1. The topological polar surface area (TPSA) is 51.5 Å². The molecule has 4 nitrogen and oxygen atoms in total. The molecule has 20 heavy (non-hydrogen) atoms. The molecule has 1 aromatic heterocycles. The van der Waals surface area contributed by atoms with Gasteiger partial charge in [-0.05, 0) is 37.6 Å². The van der Waals surface area contributed by atoms with Gasteiger partial charge in [0, 0.05) is 12.1 Å². The maximum absolute atomic E-state index is 11.3. The number of carboxylic acids is 1. The highest BCUT2D eigenvalue weighted by molar-refractivity contribution is 5.88. The number of carbonyl (C=O) groups is 1. The van der Waals surface area contributed by atoms with Crippen LogP contribution in [0.2, 0.25) is 0 Å². The highest BCUT2D eigenvalue weighted by Gasteiger charge is 2.17. The van der Waals surface area contributed by atoms with Crippen LogP contribution in [0.15, 0.2) is 30.3 Å². The summed E-state index contributed by atoms with van der Waals surface area (Å²) in [6.07, 6.45) is 0.871. The fraction of sp³-hybridized carbons (Fsp3) is 0.312. The largest absolute Gasteiger partial charge is 0.496 e. The second kappa shape index (κ2) is 5.82. The number of benzene rings is 1. The molecule has 1 aromatic carbocycles. The first kappa shape index (κ1) is 14.2. The summed E-state index contributed by atoms with van der Waals surface area (Å²) in [5.74, 6) is -0.153. The minimum absolute atomic E-state index is 0.311. The van der Waals surface area contributed by atoms with Gasteiger partial charge in [0.05, 0.1) is 12.8 Å². The average molecular weight is 273 g/mol. The molecule has 0 saturated carbocycles. The molecular weight excluding hydrogens is 254 g/mol. The van der Waals surface area contributed by atoms with Crippen molar-refractivity contribution in [3.63, 3.8) is 0 Å². The van der Waals surface area contributed by atoms with Crippen LogP contribution in [-0.4, -0.2) is 22.8 Å². The molecule has 2 rings (SSSR count). The van der Waals surface area contributed by atoms with Crippen molar-refractivity contribution in [3.8, 4) is 17.0 Å². The quantitative estimate of drug-likeness (QED) is 0.905. The molecule has 0 amide bonds. The van der Waals surface area contributed by atoms with E-state index < -0.39 is 5.97 Å². The number of carboxylic acid groups (broad SMARTS) is 1. The van der Waals surface area contributed by atoms with E-state index in [4.69, 9.17) is 4.74 Å². The Morgan fingerprint density at radius 2 is 2.05 bits per heavy atom. The lowest BCUT2D eigenvalue weighted by atomic mass is 10.1. The first-order valence-electron chi connectivity index (χ1n) is 6.66. The van der Waals surface area contributed by atoms with Gasteiger partial charge in [0.25, 0.3) is 0 Å². The molecule has 106 valence electrons. The minimum Gasteiger partial charge on any atom is -0.496 e. The van der Waals surface area contributed by atoms with Gasteiger partial charge in [-0.15, -0.1) is 0 Å². The Kier molecular flexibility index (Phi) is 4.13. The molecule has 2 aromatic rings. The SMILES string of the molecule is CCCn1c(C(=O)O)ccc1-c1cc(C)ccc1OC. The van der Waals surface area contributed by atoms with E-state index in [9.17, 15) is 9.90 Å². The van der Waals surface area contributed by atoms with Crippen molar-refractivity contribution in [2.45, 2.75) is 26.8 Å². The highest BCUT2D eigenvalue weighted by Crippen LogP contribution is 2.32. The standard InChI is InChI=1S/C16H19NO3/c1-4-9-17-13(6-7-14(17)16(18)19)12-10-11(2)5-8-15(12)20-3/h5-8,10H,4,9H2,1-3H3,(H,18,19). The Labute approximate surface area is 118 Å². The Hall–Kier alpha value is -2.23. The lowest BCUT2D eigenvalue weighted by Gasteiger charge is -2.14. The van der Waals surface area contributed by atoms with Gasteiger partial charge in [-0.25, -0.2) is 4.79 Å². The van der Waals surface area contributed by atoms with Crippen LogP contribution in [0.4, 0.5) is 0 Å². The summed E-state index contributed by atoms with van der Waals surface area (Å²) in [6.45, 7) is 4.71. The smallest absolute Gasteiger partial charge is 0.352 e. The zero-order chi connectivity index (χ0) is 14.7. The number of aromatic carboxylic acids is 1. The third-order valence-corrected chi connectivity index (χ3v) is 3.28. The molecule has 0 aliphatic heterocycles. The predicted octanol–water partition coefficient (Wildman–Crippen LogP) is 3.58. The zero-order valence-corrected chi connectivity index (χ0v) is 12.0. The van der Waals surface area contributed by atoms with E-state index in [1.165, 1.54) is 0 Å². The van der Waals surface area contributed by atoms with E-state index in [2.05, 4.69) is 0 Å². The van der Waals surface area contributed by atoms with Crippen molar-refractivity contribution >= 4 is 5.97 Å². The zero-order valence-electron chi connectivity index (χ0n) is 12.0. The molecule has 0 radical (unpaired) electrons. The summed E-state index contributed by atoms with van der Waals surface area (Å²) < 4.78 is 7.23. The molecule has 1 N–H and O–H groups in total. The van der Waals surface area contributed by atoms with E-state index in [0.29, 0.717) is 12.2 Å². The van der Waals surface area contributed by atoms with E-state index in [-0.39, 0.29) is 0 Å². The number of hydrogen-bond acceptors (Lipinski definition) is 2. The maximum atomic E-state index is 11.3. The second-order valence-corrected chi connectivity index (χ2v) is 4.76. The predicted molar refractivity (Wildman–Crippen MR) is 78.4 cm³/mol. The minimum atomic E-state index is -0.906. The molecular formula is C16H19NO3. The van der Waals surface area contributed by atoms with Crippen LogP contribution in [0.25, 0.3) is 11.3 Å². The summed E-state index contributed by atoms with van der Waals surface area (Å²) in [5, 5.41) is 9.28. The van der Waals surface area contributed by atoms with Crippen molar-refractivity contribution in [2.24, 2.45) is 0 Å². The van der Waals surface area contributed by atoms with Crippen molar-refractivity contribution in [1.29, 1.82) is 0 Å². The molecule has 0 aliphatic rings. The van der Waals surface area contributed by atoms with Crippen LogP contribution in [0, 0.1) is 6.92 Å². The number of nitrogens with zero attached hydrogens (tertiary/aromatic N) is 1. The first-order chi connectivity index (χ1) is 9.58. The normalized spacial score (nSPS) is 10.6. The Balaban J connectivity index is 2.63. The average Bonchev–Trinajstić information content (AvgIpc) is 2.83. The van der Waals surface area contributed by atoms with Crippen LogP contribution in [0.3, 0.4) is 0 Å². The Bertz CT molecular complexity index is 629. The summed E-state index contributed by atoms with van der Waals surface area (Å²) in [5.41, 5.74) is 3.23. The van der Waals surface area contributed by atoms with E-state index in [1.54, 1.807) is 13.2 Å². The van der Waals surface area contributed by atoms with Crippen molar-refractivity contribution in [1.82, 2.24) is 4.57 Å². The van der Waals surface area contributed by atoms with Crippen LogP contribution in [0.5, 0.6) is 5.75 Å². The third kappa shape index (κ3) is 2.54. The lowest BCUT2D eigenvalue weighted by Crippen LogP contribution is -2.09. The van der Waals surface area contributed by atoms with Crippen molar-refractivity contribution < 1.29 is 14.6 Å². The van der Waals surface area contributed by atoms with E-state index in [1.807, 2.05) is 42.7 Å². The van der Waals surface area contributed by atoms with Crippen LogP contribution < -0.4 is 4.74 Å². The monoisotopic (exact) mass is 273 g/mol. The fourth-order valence-electron chi connectivity index (χ4n) is 2.38.